The first-order valence-electron chi connectivity index (χ1n) is 13.7. The van der Waals surface area contributed by atoms with Crippen molar-refractivity contribution in [3.8, 4) is 0 Å². The molecule has 0 radical (unpaired) electrons. The fourth-order valence-electron chi connectivity index (χ4n) is 6.15. The third-order valence-electron chi connectivity index (χ3n) is 8.64. The summed E-state index contributed by atoms with van der Waals surface area (Å²) in [4.78, 5) is 0. The quantitative estimate of drug-likeness (QED) is 0.332. The first-order valence-corrected chi connectivity index (χ1v) is 13.7. The van der Waals surface area contributed by atoms with Crippen molar-refractivity contribution in [3.63, 3.8) is 0 Å². The Kier molecular flexibility index (Phi) is 7.97. The molecule has 0 nitrogen and oxygen atoms in total. The Balaban J connectivity index is 1.44. The van der Waals surface area contributed by atoms with E-state index in [1.807, 2.05) is 0 Å². The van der Waals surface area contributed by atoms with Crippen molar-refractivity contribution in [2.75, 3.05) is 0 Å². The fraction of sp³-hybridized carbons (Fsp3) is 0.471. The Bertz CT molecular complexity index is 1070. The number of fused-ring (bicyclic) bond motifs is 2. The largest absolute Gasteiger partial charge is 0.0996 e. The Morgan fingerprint density at radius 1 is 0.971 bits per heavy atom. The molecular weight excluding hydrogens is 408 g/mol. The molecule has 0 aromatic heterocycles. The highest BCUT2D eigenvalue weighted by molar-refractivity contribution is 5.71. The van der Waals surface area contributed by atoms with Crippen molar-refractivity contribution in [1.82, 2.24) is 0 Å². The highest BCUT2D eigenvalue weighted by atomic mass is 14.3. The van der Waals surface area contributed by atoms with E-state index in [4.69, 9.17) is 0 Å². The number of allylic oxidation sites excluding steroid dienone is 3. The van der Waals surface area contributed by atoms with Crippen LogP contribution in [0.25, 0.3) is 5.57 Å². The van der Waals surface area contributed by atoms with Gasteiger partial charge in [0.25, 0.3) is 0 Å². The van der Waals surface area contributed by atoms with E-state index < -0.39 is 0 Å². The van der Waals surface area contributed by atoms with E-state index in [0.29, 0.717) is 17.8 Å². The van der Waals surface area contributed by atoms with Crippen LogP contribution >= 0.6 is 0 Å². The third-order valence-corrected chi connectivity index (χ3v) is 8.64. The zero-order chi connectivity index (χ0) is 24.2. The molecule has 0 saturated carbocycles. The highest BCUT2D eigenvalue weighted by Gasteiger charge is 2.26. The molecule has 0 saturated heterocycles. The minimum atomic E-state index is 0.401. The Morgan fingerprint density at radius 2 is 1.74 bits per heavy atom. The van der Waals surface area contributed by atoms with E-state index >= 15 is 0 Å². The normalized spacial score (nSPS) is 19.1. The molecule has 0 N–H and O–H groups in total. The molecule has 2 aliphatic carbocycles. The SMILES string of the molecule is C=C(CCC)C(C)Cc1cccc2c1CCC(CC(=C)C(C)c1ccc3c(c1)CCCC3)C2=C. The van der Waals surface area contributed by atoms with Gasteiger partial charge in [-0.3, -0.25) is 0 Å². The van der Waals surface area contributed by atoms with Crippen molar-refractivity contribution in [2.24, 2.45) is 11.8 Å². The number of hydrogen-bond acceptors (Lipinski definition) is 0. The Labute approximate surface area is 208 Å². The molecule has 2 aliphatic rings. The first-order chi connectivity index (χ1) is 16.4. The molecule has 2 aromatic carbocycles. The fourth-order valence-corrected chi connectivity index (χ4v) is 6.15. The summed E-state index contributed by atoms with van der Waals surface area (Å²) in [5.41, 5.74) is 13.1. The first kappa shape index (κ1) is 24.8. The average molecular weight is 453 g/mol. The molecular formula is C34H44. The molecule has 0 amide bonds. The monoisotopic (exact) mass is 452 g/mol. The molecule has 180 valence electrons. The van der Waals surface area contributed by atoms with Crippen LogP contribution in [-0.4, -0.2) is 0 Å². The standard InChI is InChI=1S/C34H44/c1-7-11-23(2)24(3)20-32-14-10-15-33-27(6)29(18-19-34(32)33)21-25(4)26(5)30-17-16-28-12-8-9-13-31(28)22-30/h10,14-17,22,24,26,29H,2,4,6-9,11-13,18-21H2,1,3,5H3. The molecule has 0 aliphatic heterocycles. The minimum Gasteiger partial charge on any atom is -0.0996 e. The topological polar surface area (TPSA) is 0 Å². The van der Waals surface area contributed by atoms with Gasteiger partial charge in [0, 0.05) is 5.92 Å². The highest BCUT2D eigenvalue weighted by Crippen LogP contribution is 2.41. The van der Waals surface area contributed by atoms with Gasteiger partial charge in [0.05, 0.1) is 0 Å². The molecule has 3 unspecified atom stereocenters. The zero-order valence-electron chi connectivity index (χ0n) is 21.9. The van der Waals surface area contributed by atoms with Crippen LogP contribution < -0.4 is 0 Å². The lowest BCUT2D eigenvalue weighted by Gasteiger charge is -2.31. The zero-order valence-corrected chi connectivity index (χ0v) is 21.9. The van der Waals surface area contributed by atoms with Gasteiger partial charge in [0.15, 0.2) is 0 Å². The molecule has 4 rings (SSSR count). The lowest BCUT2D eigenvalue weighted by Crippen LogP contribution is -2.17. The summed E-state index contributed by atoms with van der Waals surface area (Å²) in [6, 6.07) is 14.1. The lowest BCUT2D eigenvalue weighted by molar-refractivity contribution is 0.562. The maximum atomic E-state index is 4.61. The third kappa shape index (κ3) is 5.32. The second-order valence-electron chi connectivity index (χ2n) is 11.0. The van der Waals surface area contributed by atoms with E-state index in [-0.39, 0.29) is 0 Å². The van der Waals surface area contributed by atoms with Gasteiger partial charge >= 0.3 is 0 Å². The minimum absolute atomic E-state index is 0.401. The Morgan fingerprint density at radius 3 is 2.50 bits per heavy atom. The van der Waals surface area contributed by atoms with Crippen molar-refractivity contribution in [2.45, 2.75) is 90.9 Å². The summed E-state index contributed by atoms with van der Waals surface area (Å²) in [7, 11) is 0. The summed E-state index contributed by atoms with van der Waals surface area (Å²) < 4.78 is 0. The van der Waals surface area contributed by atoms with Gasteiger partial charge in [-0.15, -0.1) is 0 Å². The van der Waals surface area contributed by atoms with E-state index in [1.54, 1.807) is 11.1 Å². The van der Waals surface area contributed by atoms with Gasteiger partial charge in [-0.2, -0.15) is 0 Å². The maximum absolute atomic E-state index is 4.61. The van der Waals surface area contributed by atoms with Crippen LogP contribution in [0.5, 0.6) is 0 Å². The number of benzene rings is 2. The van der Waals surface area contributed by atoms with Crippen molar-refractivity contribution >= 4 is 5.57 Å². The van der Waals surface area contributed by atoms with Crippen LogP contribution in [0.4, 0.5) is 0 Å². The average Bonchev–Trinajstić information content (AvgIpc) is 2.85. The van der Waals surface area contributed by atoms with Gasteiger partial charge in [-0.05, 0) is 109 Å². The van der Waals surface area contributed by atoms with Crippen LogP contribution in [0, 0.1) is 11.8 Å². The van der Waals surface area contributed by atoms with Gasteiger partial charge < -0.3 is 0 Å². The molecule has 0 heterocycles. The molecule has 0 bridgehead atoms. The summed E-state index contributed by atoms with van der Waals surface area (Å²) in [6.45, 7) is 20.4. The number of aryl methyl sites for hydroxylation is 2. The summed E-state index contributed by atoms with van der Waals surface area (Å²) >= 11 is 0. The summed E-state index contributed by atoms with van der Waals surface area (Å²) in [5, 5.41) is 0. The van der Waals surface area contributed by atoms with Crippen LogP contribution in [0.15, 0.2) is 67.3 Å². The van der Waals surface area contributed by atoms with E-state index in [2.05, 4.69) is 76.9 Å². The smallest absolute Gasteiger partial charge is 0.00174 e. The second kappa shape index (κ2) is 10.9. The van der Waals surface area contributed by atoms with Crippen LogP contribution in [0.3, 0.4) is 0 Å². The van der Waals surface area contributed by atoms with Gasteiger partial charge in [-0.25, -0.2) is 0 Å². The number of hydrogen-bond donors (Lipinski definition) is 0. The molecule has 0 spiro atoms. The van der Waals surface area contributed by atoms with E-state index in [9.17, 15) is 0 Å². The molecule has 2 aromatic rings. The van der Waals surface area contributed by atoms with Crippen molar-refractivity contribution in [1.29, 1.82) is 0 Å². The van der Waals surface area contributed by atoms with E-state index in [1.165, 1.54) is 77.5 Å². The molecule has 3 atom stereocenters. The molecule has 0 fully saturated rings. The predicted molar refractivity (Wildman–Crippen MR) is 149 cm³/mol. The van der Waals surface area contributed by atoms with Gasteiger partial charge in [0.2, 0.25) is 0 Å². The lowest BCUT2D eigenvalue weighted by atomic mass is 9.73. The van der Waals surface area contributed by atoms with Crippen LogP contribution in [0.2, 0.25) is 0 Å². The summed E-state index contributed by atoms with van der Waals surface area (Å²) in [5.74, 6) is 1.44. The van der Waals surface area contributed by atoms with Crippen molar-refractivity contribution in [3.05, 3.63) is 101 Å². The van der Waals surface area contributed by atoms with Crippen LogP contribution in [0.1, 0.15) is 98.6 Å². The van der Waals surface area contributed by atoms with E-state index in [0.717, 1.165) is 25.7 Å². The summed E-state index contributed by atoms with van der Waals surface area (Å²) in [6.07, 6.45) is 12.0. The molecule has 34 heavy (non-hydrogen) atoms. The predicted octanol–water partition coefficient (Wildman–Crippen LogP) is 9.43. The molecule has 0 heteroatoms. The van der Waals surface area contributed by atoms with Crippen LogP contribution in [-0.2, 0) is 25.7 Å². The maximum Gasteiger partial charge on any atom is 0.00174 e. The second-order valence-corrected chi connectivity index (χ2v) is 11.0. The van der Waals surface area contributed by atoms with Gasteiger partial charge in [-0.1, -0.05) is 94.5 Å². The van der Waals surface area contributed by atoms with Crippen molar-refractivity contribution < 1.29 is 0 Å². The number of rotatable bonds is 9. The van der Waals surface area contributed by atoms with Gasteiger partial charge in [0.1, 0.15) is 0 Å². The Hall–Kier alpha value is -2.34.